The predicted molar refractivity (Wildman–Crippen MR) is 78.4 cm³/mol. The molecule has 20 heavy (non-hydrogen) atoms. The molecule has 6 nitrogen and oxygen atoms in total. The predicted octanol–water partition coefficient (Wildman–Crippen LogP) is 1.45. The molecule has 1 rings (SSSR count). The topological polar surface area (TPSA) is 96.0 Å². The number of nitrogens with zero attached hydrogens (tertiary/aromatic N) is 2. The zero-order valence-electron chi connectivity index (χ0n) is 12.2. The summed E-state index contributed by atoms with van der Waals surface area (Å²) < 4.78 is 26.4. The van der Waals surface area contributed by atoms with Crippen molar-refractivity contribution in [1.29, 1.82) is 0 Å². The summed E-state index contributed by atoms with van der Waals surface area (Å²) in [5.41, 5.74) is 7.00. The number of aryl methyl sites for hydroxylation is 2. The normalized spacial score (nSPS) is 14.6. The Kier molecular flexibility index (Phi) is 5.13. The summed E-state index contributed by atoms with van der Waals surface area (Å²) >= 11 is 0. The fraction of sp³-hybridized carbons (Fsp3) is 0.462. The van der Waals surface area contributed by atoms with E-state index in [1.54, 1.807) is 26.0 Å². The molecule has 0 aromatic heterocycles. The van der Waals surface area contributed by atoms with Crippen molar-refractivity contribution in [1.82, 2.24) is 4.31 Å². The van der Waals surface area contributed by atoms with Gasteiger partial charge in [-0.25, -0.2) is 8.42 Å². The molecule has 7 heteroatoms. The number of hydrogen-bond acceptors (Lipinski definition) is 4. The number of sulfonamides is 1. The fourth-order valence-corrected chi connectivity index (χ4v) is 3.52. The summed E-state index contributed by atoms with van der Waals surface area (Å²) in [7, 11) is -2.11. The Labute approximate surface area is 119 Å². The van der Waals surface area contributed by atoms with Gasteiger partial charge in [0.2, 0.25) is 10.0 Å². The van der Waals surface area contributed by atoms with Gasteiger partial charge < -0.3 is 10.9 Å². The van der Waals surface area contributed by atoms with Crippen molar-refractivity contribution >= 4 is 15.9 Å². The van der Waals surface area contributed by atoms with Gasteiger partial charge in [-0.3, -0.25) is 0 Å². The van der Waals surface area contributed by atoms with Crippen molar-refractivity contribution in [2.45, 2.75) is 38.1 Å². The lowest BCUT2D eigenvalue weighted by molar-refractivity contribution is 0.313. The van der Waals surface area contributed by atoms with Crippen LogP contribution in [0.3, 0.4) is 0 Å². The molecule has 0 bridgehead atoms. The first kappa shape index (κ1) is 16.5. The monoisotopic (exact) mass is 299 g/mol. The van der Waals surface area contributed by atoms with Gasteiger partial charge in [-0.1, -0.05) is 17.3 Å². The Morgan fingerprint density at radius 2 is 2.05 bits per heavy atom. The van der Waals surface area contributed by atoms with Gasteiger partial charge in [0.1, 0.15) is 5.84 Å². The molecule has 112 valence electrons. The van der Waals surface area contributed by atoms with Gasteiger partial charge >= 0.3 is 0 Å². The molecule has 1 aromatic carbocycles. The van der Waals surface area contributed by atoms with Crippen LogP contribution in [0, 0.1) is 13.8 Å². The number of rotatable bonds is 5. The van der Waals surface area contributed by atoms with E-state index >= 15 is 0 Å². The van der Waals surface area contributed by atoms with E-state index in [0.717, 1.165) is 5.56 Å². The van der Waals surface area contributed by atoms with Crippen LogP contribution in [-0.2, 0) is 10.0 Å². The molecule has 0 spiro atoms. The van der Waals surface area contributed by atoms with Crippen LogP contribution in [0.25, 0.3) is 0 Å². The summed E-state index contributed by atoms with van der Waals surface area (Å²) in [4.78, 5) is 0.284. The molecular formula is C13H21N3O3S. The van der Waals surface area contributed by atoms with Gasteiger partial charge in [-0.15, -0.1) is 0 Å². The minimum absolute atomic E-state index is 0.000476. The Morgan fingerprint density at radius 1 is 1.45 bits per heavy atom. The summed E-state index contributed by atoms with van der Waals surface area (Å²) in [5.74, 6) is 0.000476. The zero-order chi connectivity index (χ0) is 15.5. The maximum absolute atomic E-state index is 12.6. The highest BCUT2D eigenvalue weighted by Crippen LogP contribution is 2.22. The van der Waals surface area contributed by atoms with Crippen molar-refractivity contribution in [2.24, 2.45) is 10.9 Å². The maximum atomic E-state index is 12.6. The van der Waals surface area contributed by atoms with Crippen molar-refractivity contribution in [2.75, 3.05) is 7.05 Å². The first-order valence-electron chi connectivity index (χ1n) is 6.21. The summed E-state index contributed by atoms with van der Waals surface area (Å²) in [6.07, 6.45) is 0.164. The number of amidine groups is 1. The molecule has 3 N–H and O–H groups in total. The largest absolute Gasteiger partial charge is 0.409 e. The minimum Gasteiger partial charge on any atom is -0.409 e. The number of oxime groups is 1. The zero-order valence-corrected chi connectivity index (χ0v) is 13.0. The molecule has 0 aliphatic rings. The number of benzene rings is 1. The minimum atomic E-state index is -3.60. The molecule has 0 amide bonds. The van der Waals surface area contributed by atoms with Gasteiger partial charge in [0.05, 0.1) is 4.90 Å². The lowest BCUT2D eigenvalue weighted by Gasteiger charge is -2.24. The van der Waals surface area contributed by atoms with Crippen LogP contribution in [-0.4, -0.2) is 36.9 Å². The van der Waals surface area contributed by atoms with Crippen molar-refractivity contribution < 1.29 is 13.6 Å². The molecule has 1 atom stereocenters. The second-order valence-electron chi connectivity index (χ2n) is 4.93. The van der Waals surface area contributed by atoms with Crippen LogP contribution in [0.4, 0.5) is 0 Å². The van der Waals surface area contributed by atoms with Gasteiger partial charge in [0, 0.05) is 19.5 Å². The van der Waals surface area contributed by atoms with Crippen LogP contribution >= 0.6 is 0 Å². The molecule has 0 aliphatic heterocycles. The SMILES string of the molecule is Cc1ccc(C)c(S(=O)(=O)N(C)C(C)CC(N)=NO)c1. The number of hydrogen-bond donors (Lipinski definition) is 2. The second kappa shape index (κ2) is 6.23. The second-order valence-corrected chi connectivity index (χ2v) is 6.90. The van der Waals surface area contributed by atoms with Crippen LogP contribution in [0.5, 0.6) is 0 Å². The summed E-state index contributed by atoms with van der Waals surface area (Å²) in [6.45, 7) is 5.31. The lowest BCUT2D eigenvalue weighted by Crippen LogP contribution is -2.38. The van der Waals surface area contributed by atoms with E-state index in [0.29, 0.717) is 5.56 Å². The Morgan fingerprint density at radius 3 is 2.60 bits per heavy atom. The Bertz CT molecular complexity index is 611. The molecule has 0 fully saturated rings. The van der Waals surface area contributed by atoms with Gasteiger partial charge in [-0.05, 0) is 38.0 Å². The molecule has 1 unspecified atom stereocenters. The molecular weight excluding hydrogens is 278 g/mol. The average Bonchev–Trinajstić information content (AvgIpc) is 2.40. The highest BCUT2D eigenvalue weighted by molar-refractivity contribution is 7.89. The third-order valence-corrected chi connectivity index (χ3v) is 5.37. The molecule has 0 radical (unpaired) electrons. The van der Waals surface area contributed by atoms with Crippen molar-refractivity contribution in [3.8, 4) is 0 Å². The van der Waals surface area contributed by atoms with Gasteiger partial charge in [0.15, 0.2) is 0 Å². The van der Waals surface area contributed by atoms with Crippen LogP contribution in [0.1, 0.15) is 24.5 Å². The van der Waals surface area contributed by atoms with Gasteiger partial charge in [-0.2, -0.15) is 4.31 Å². The van der Waals surface area contributed by atoms with E-state index in [1.165, 1.54) is 11.4 Å². The van der Waals surface area contributed by atoms with E-state index in [1.807, 2.05) is 13.0 Å². The smallest absolute Gasteiger partial charge is 0.243 e. The maximum Gasteiger partial charge on any atom is 0.243 e. The Hall–Kier alpha value is -1.60. The fourth-order valence-electron chi connectivity index (χ4n) is 1.85. The van der Waals surface area contributed by atoms with Crippen LogP contribution in [0.15, 0.2) is 28.3 Å². The third kappa shape index (κ3) is 3.49. The molecule has 0 saturated carbocycles. The average molecular weight is 299 g/mol. The number of nitrogens with two attached hydrogens (primary N) is 1. The summed E-state index contributed by atoms with van der Waals surface area (Å²) in [6, 6.07) is 4.89. The third-order valence-electron chi connectivity index (χ3n) is 3.25. The van der Waals surface area contributed by atoms with Crippen molar-refractivity contribution in [3.63, 3.8) is 0 Å². The van der Waals surface area contributed by atoms with E-state index in [-0.39, 0.29) is 17.2 Å². The summed E-state index contributed by atoms with van der Waals surface area (Å²) in [5, 5.41) is 11.4. The van der Waals surface area contributed by atoms with E-state index in [2.05, 4.69) is 5.16 Å². The van der Waals surface area contributed by atoms with Crippen molar-refractivity contribution in [3.05, 3.63) is 29.3 Å². The molecule has 0 aliphatic carbocycles. The molecule has 0 heterocycles. The van der Waals surface area contributed by atoms with E-state index < -0.39 is 16.1 Å². The molecule has 1 aromatic rings. The lowest BCUT2D eigenvalue weighted by atomic mass is 10.2. The quantitative estimate of drug-likeness (QED) is 0.372. The van der Waals surface area contributed by atoms with Crippen LogP contribution in [0.2, 0.25) is 0 Å². The molecule has 0 saturated heterocycles. The Balaban J connectivity index is 3.12. The van der Waals surface area contributed by atoms with Crippen LogP contribution < -0.4 is 5.73 Å². The highest BCUT2D eigenvalue weighted by atomic mass is 32.2. The van der Waals surface area contributed by atoms with E-state index in [9.17, 15) is 8.42 Å². The first-order chi connectivity index (χ1) is 9.20. The highest BCUT2D eigenvalue weighted by Gasteiger charge is 2.27. The van der Waals surface area contributed by atoms with E-state index in [4.69, 9.17) is 10.9 Å². The van der Waals surface area contributed by atoms with Gasteiger partial charge in [0.25, 0.3) is 0 Å². The standard InChI is InChI=1S/C13H21N3O3S/c1-9-5-6-10(2)12(7-9)20(18,19)16(4)11(3)8-13(14)15-17/h5-7,11,17H,8H2,1-4H3,(H2,14,15). The first-order valence-corrected chi connectivity index (χ1v) is 7.65.